The largest absolute Gasteiger partial charge is 0.399 e. The van der Waals surface area contributed by atoms with Crippen molar-refractivity contribution in [1.29, 1.82) is 0 Å². The average molecular weight is 272 g/mol. The van der Waals surface area contributed by atoms with Gasteiger partial charge in [-0.1, -0.05) is 30.3 Å². The molecule has 102 valence electrons. The van der Waals surface area contributed by atoms with Gasteiger partial charge in [-0.15, -0.1) is 0 Å². The quantitative estimate of drug-likeness (QED) is 0.501. The van der Waals surface area contributed by atoms with Crippen molar-refractivity contribution in [3.63, 3.8) is 0 Å². The minimum atomic E-state index is 0.801. The van der Waals surface area contributed by atoms with E-state index in [1.54, 1.807) is 0 Å². The molecule has 0 aliphatic carbocycles. The molecule has 0 amide bonds. The fourth-order valence-corrected chi connectivity index (χ4v) is 3.04. The van der Waals surface area contributed by atoms with Gasteiger partial charge in [-0.05, 0) is 48.9 Å². The van der Waals surface area contributed by atoms with E-state index in [-0.39, 0.29) is 0 Å². The van der Waals surface area contributed by atoms with Crippen LogP contribution in [0.4, 0.5) is 5.69 Å². The molecule has 1 heterocycles. The predicted molar refractivity (Wildman–Crippen MR) is 89.9 cm³/mol. The van der Waals surface area contributed by atoms with Gasteiger partial charge in [0.25, 0.3) is 0 Å². The summed E-state index contributed by atoms with van der Waals surface area (Å²) in [6.07, 6.45) is 0. The summed E-state index contributed by atoms with van der Waals surface area (Å²) >= 11 is 0. The smallest absolute Gasteiger partial charge is 0.0542 e. The maximum atomic E-state index is 5.98. The second-order valence-corrected chi connectivity index (χ2v) is 5.47. The molecule has 0 spiro atoms. The van der Waals surface area contributed by atoms with Gasteiger partial charge < -0.3 is 10.3 Å². The minimum absolute atomic E-state index is 0.801. The summed E-state index contributed by atoms with van der Waals surface area (Å²) in [6.45, 7) is 2.12. The predicted octanol–water partition coefficient (Wildman–Crippen LogP) is 4.67. The SMILES string of the molecule is Cc1cccc(-n2c3ccccc3c3cc(N)ccc32)c1. The van der Waals surface area contributed by atoms with Crippen LogP contribution in [0, 0.1) is 6.92 Å². The van der Waals surface area contributed by atoms with Gasteiger partial charge in [0, 0.05) is 22.1 Å². The molecule has 0 bridgehead atoms. The maximum Gasteiger partial charge on any atom is 0.0542 e. The number of fused-ring (bicyclic) bond motifs is 3. The van der Waals surface area contributed by atoms with Crippen LogP contribution in [-0.4, -0.2) is 4.57 Å². The topological polar surface area (TPSA) is 30.9 Å². The van der Waals surface area contributed by atoms with E-state index in [0.717, 1.165) is 5.69 Å². The summed E-state index contributed by atoms with van der Waals surface area (Å²) in [7, 11) is 0. The molecule has 0 saturated heterocycles. The molecule has 2 nitrogen and oxygen atoms in total. The Balaban J connectivity index is 2.20. The Labute approximate surface area is 123 Å². The Morgan fingerprint density at radius 2 is 1.57 bits per heavy atom. The van der Waals surface area contributed by atoms with Gasteiger partial charge in [-0.25, -0.2) is 0 Å². The van der Waals surface area contributed by atoms with Gasteiger partial charge in [-0.3, -0.25) is 0 Å². The van der Waals surface area contributed by atoms with Crippen LogP contribution in [0.25, 0.3) is 27.5 Å². The normalized spacial score (nSPS) is 11.3. The van der Waals surface area contributed by atoms with Crippen molar-refractivity contribution < 1.29 is 0 Å². The van der Waals surface area contributed by atoms with Gasteiger partial charge in [0.05, 0.1) is 11.0 Å². The van der Waals surface area contributed by atoms with E-state index in [2.05, 4.69) is 72.2 Å². The molecule has 0 fully saturated rings. The summed E-state index contributed by atoms with van der Waals surface area (Å²) < 4.78 is 2.30. The first-order valence-corrected chi connectivity index (χ1v) is 7.10. The van der Waals surface area contributed by atoms with E-state index < -0.39 is 0 Å². The minimum Gasteiger partial charge on any atom is -0.399 e. The lowest BCUT2D eigenvalue weighted by atomic mass is 10.1. The number of aromatic nitrogens is 1. The Bertz CT molecular complexity index is 964. The van der Waals surface area contributed by atoms with Gasteiger partial charge >= 0.3 is 0 Å². The lowest BCUT2D eigenvalue weighted by Crippen LogP contribution is -1.94. The van der Waals surface area contributed by atoms with Crippen molar-refractivity contribution in [2.75, 3.05) is 5.73 Å². The van der Waals surface area contributed by atoms with E-state index in [9.17, 15) is 0 Å². The van der Waals surface area contributed by atoms with E-state index in [0.29, 0.717) is 0 Å². The highest BCUT2D eigenvalue weighted by Crippen LogP contribution is 2.33. The number of para-hydroxylation sites is 1. The summed E-state index contributed by atoms with van der Waals surface area (Å²) in [5, 5.41) is 2.44. The van der Waals surface area contributed by atoms with Crippen LogP contribution in [0.2, 0.25) is 0 Å². The van der Waals surface area contributed by atoms with Gasteiger partial charge in [0.1, 0.15) is 0 Å². The van der Waals surface area contributed by atoms with Crippen LogP contribution in [0.3, 0.4) is 0 Å². The molecule has 21 heavy (non-hydrogen) atoms. The highest BCUT2D eigenvalue weighted by molar-refractivity contribution is 6.10. The van der Waals surface area contributed by atoms with Crippen LogP contribution < -0.4 is 5.73 Å². The summed E-state index contributed by atoms with van der Waals surface area (Å²) in [4.78, 5) is 0. The Morgan fingerprint density at radius 3 is 2.43 bits per heavy atom. The third kappa shape index (κ3) is 1.80. The molecule has 4 aromatic rings. The number of nitrogen functional groups attached to an aromatic ring is 1. The average Bonchev–Trinajstić information content (AvgIpc) is 2.81. The number of nitrogens with zero attached hydrogens (tertiary/aromatic N) is 1. The summed E-state index contributed by atoms with van der Waals surface area (Å²) in [6, 6.07) is 23.2. The lowest BCUT2D eigenvalue weighted by Gasteiger charge is -2.08. The molecular weight excluding hydrogens is 256 g/mol. The molecule has 0 aliphatic heterocycles. The fourth-order valence-electron chi connectivity index (χ4n) is 3.04. The van der Waals surface area contributed by atoms with Crippen LogP contribution in [0.5, 0.6) is 0 Å². The van der Waals surface area contributed by atoms with E-state index in [1.165, 1.54) is 33.1 Å². The third-order valence-electron chi connectivity index (χ3n) is 3.96. The van der Waals surface area contributed by atoms with Crippen LogP contribution in [-0.2, 0) is 0 Å². The van der Waals surface area contributed by atoms with Crippen molar-refractivity contribution in [3.05, 3.63) is 72.3 Å². The Hall–Kier alpha value is -2.74. The van der Waals surface area contributed by atoms with Crippen molar-refractivity contribution in [1.82, 2.24) is 4.57 Å². The summed E-state index contributed by atoms with van der Waals surface area (Å²) in [5.74, 6) is 0. The number of benzene rings is 3. The molecular formula is C19H16N2. The molecule has 0 saturated carbocycles. The zero-order chi connectivity index (χ0) is 14.4. The molecule has 4 rings (SSSR count). The van der Waals surface area contributed by atoms with Crippen LogP contribution >= 0.6 is 0 Å². The van der Waals surface area contributed by atoms with Gasteiger partial charge in [0.2, 0.25) is 0 Å². The number of aryl methyl sites for hydroxylation is 1. The molecule has 0 radical (unpaired) electrons. The van der Waals surface area contributed by atoms with E-state index in [4.69, 9.17) is 5.73 Å². The first-order chi connectivity index (χ1) is 10.2. The van der Waals surface area contributed by atoms with Crippen molar-refractivity contribution in [2.24, 2.45) is 0 Å². The molecule has 1 aromatic heterocycles. The number of rotatable bonds is 1. The lowest BCUT2D eigenvalue weighted by molar-refractivity contribution is 1.17. The molecule has 3 aromatic carbocycles. The van der Waals surface area contributed by atoms with E-state index in [1.807, 2.05) is 6.07 Å². The number of hydrogen-bond acceptors (Lipinski definition) is 1. The van der Waals surface area contributed by atoms with Crippen LogP contribution in [0.1, 0.15) is 5.56 Å². The maximum absolute atomic E-state index is 5.98. The number of nitrogens with two attached hydrogens (primary N) is 1. The second kappa shape index (κ2) is 4.38. The number of hydrogen-bond donors (Lipinski definition) is 1. The summed E-state index contributed by atoms with van der Waals surface area (Å²) in [5.41, 5.74) is 11.6. The Kier molecular flexibility index (Phi) is 2.51. The van der Waals surface area contributed by atoms with Crippen LogP contribution in [0.15, 0.2) is 66.7 Å². The third-order valence-corrected chi connectivity index (χ3v) is 3.96. The second-order valence-electron chi connectivity index (χ2n) is 5.47. The first-order valence-electron chi connectivity index (χ1n) is 7.10. The van der Waals surface area contributed by atoms with Crippen molar-refractivity contribution in [2.45, 2.75) is 6.92 Å². The standard InChI is InChI=1S/C19H16N2/c1-13-5-4-6-15(11-13)21-18-8-3-2-7-16(18)17-12-14(20)9-10-19(17)21/h2-12H,20H2,1H3. The molecule has 0 atom stereocenters. The highest BCUT2D eigenvalue weighted by Gasteiger charge is 2.11. The molecule has 0 aliphatic rings. The number of anilines is 1. The zero-order valence-corrected chi connectivity index (χ0v) is 11.9. The monoisotopic (exact) mass is 272 g/mol. The van der Waals surface area contributed by atoms with Crippen molar-refractivity contribution >= 4 is 27.5 Å². The molecule has 2 N–H and O–H groups in total. The van der Waals surface area contributed by atoms with Gasteiger partial charge in [0.15, 0.2) is 0 Å². The van der Waals surface area contributed by atoms with Gasteiger partial charge in [-0.2, -0.15) is 0 Å². The van der Waals surface area contributed by atoms with Crippen molar-refractivity contribution in [3.8, 4) is 5.69 Å². The highest BCUT2D eigenvalue weighted by atomic mass is 15.0. The fraction of sp³-hybridized carbons (Fsp3) is 0.0526. The first kappa shape index (κ1) is 12.0. The Morgan fingerprint density at radius 1 is 0.762 bits per heavy atom. The molecule has 2 heteroatoms. The van der Waals surface area contributed by atoms with E-state index >= 15 is 0 Å². The zero-order valence-electron chi connectivity index (χ0n) is 11.9. The molecule has 0 unspecified atom stereocenters.